The molecule has 2 atom stereocenters. The predicted octanol–water partition coefficient (Wildman–Crippen LogP) is 1.85. The van der Waals surface area contributed by atoms with Gasteiger partial charge in [-0.15, -0.1) is 0 Å². The van der Waals surface area contributed by atoms with E-state index in [0.717, 1.165) is 5.56 Å². The summed E-state index contributed by atoms with van der Waals surface area (Å²) >= 11 is 0. The van der Waals surface area contributed by atoms with Gasteiger partial charge in [-0.3, -0.25) is 9.59 Å². The van der Waals surface area contributed by atoms with Gasteiger partial charge in [-0.25, -0.2) is 0 Å². The van der Waals surface area contributed by atoms with E-state index in [1.165, 1.54) is 0 Å². The molecule has 2 N–H and O–H groups in total. The first-order valence-corrected chi connectivity index (χ1v) is 6.73. The summed E-state index contributed by atoms with van der Waals surface area (Å²) in [5.74, 6) is -1.24. The Balaban J connectivity index is 1.94. The Labute approximate surface area is 117 Å². The van der Waals surface area contributed by atoms with Crippen LogP contribution in [-0.2, 0) is 16.1 Å². The van der Waals surface area contributed by atoms with Crippen LogP contribution in [0.1, 0.15) is 24.8 Å². The van der Waals surface area contributed by atoms with Gasteiger partial charge in [-0.05, 0) is 37.0 Å². The van der Waals surface area contributed by atoms with Gasteiger partial charge in [0, 0.05) is 19.5 Å². The third kappa shape index (κ3) is 3.29. The lowest BCUT2D eigenvalue weighted by molar-refractivity contribution is -0.141. The van der Waals surface area contributed by atoms with Crippen molar-refractivity contribution in [2.75, 3.05) is 7.05 Å². The Hall–Kier alpha value is -2.04. The second-order valence-electron chi connectivity index (χ2n) is 5.41. The molecule has 0 saturated heterocycles. The summed E-state index contributed by atoms with van der Waals surface area (Å²) < 4.78 is 0. The van der Waals surface area contributed by atoms with E-state index in [4.69, 9.17) is 5.11 Å². The van der Waals surface area contributed by atoms with Crippen LogP contribution in [-0.4, -0.2) is 34.0 Å². The third-order valence-corrected chi connectivity index (χ3v) is 3.84. The van der Waals surface area contributed by atoms with E-state index in [0.29, 0.717) is 25.8 Å². The topological polar surface area (TPSA) is 77.8 Å². The molecule has 0 aliphatic heterocycles. The zero-order valence-corrected chi connectivity index (χ0v) is 11.5. The molecule has 0 radical (unpaired) electrons. The van der Waals surface area contributed by atoms with Gasteiger partial charge in [0.2, 0.25) is 5.91 Å². The van der Waals surface area contributed by atoms with Crippen LogP contribution in [0.3, 0.4) is 0 Å². The molecule has 0 bridgehead atoms. The standard InChI is InChI=1S/C15H19NO4/c1-16(9-10-3-2-4-13(17)7-10)14(18)11-5-6-12(8-11)15(19)20/h2-4,7,11-12,17H,5-6,8-9H2,1H3,(H,19,20)/t11-,12+/m1/s1. The highest BCUT2D eigenvalue weighted by Crippen LogP contribution is 2.32. The highest BCUT2D eigenvalue weighted by Gasteiger charge is 2.35. The van der Waals surface area contributed by atoms with Crippen molar-refractivity contribution in [2.45, 2.75) is 25.8 Å². The van der Waals surface area contributed by atoms with Crippen molar-refractivity contribution < 1.29 is 19.8 Å². The molecule has 20 heavy (non-hydrogen) atoms. The highest BCUT2D eigenvalue weighted by atomic mass is 16.4. The molecule has 5 heteroatoms. The molecule has 1 amide bonds. The lowest BCUT2D eigenvalue weighted by atomic mass is 10.0. The molecular formula is C15H19NO4. The molecule has 108 valence electrons. The third-order valence-electron chi connectivity index (χ3n) is 3.84. The molecule has 5 nitrogen and oxygen atoms in total. The second-order valence-corrected chi connectivity index (χ2v) is 5.41. The minimum Gasteiger partial charge on any atom is -0.508 e. The van der Waals surface area contributed by atoms with Gasteiger partial charge in [0.1, 0.15) is 5.75 Å². The number of carbonyl (C=O) groups excluding carboxylic acids is 1. The van der Waals surface area contributed by atoms with Crippen LogP contribution in [0.5, 0.6) is 5.75 Å². The fourth-order valence-corrected chi connectivity index (χ4v) is 2.75. The van der Waals surface area contributed by atoms with E-state index in [2.05, 4.69) is 0 Å². The maximum absolute atomic E-state index is 12.3. The number of benzene rings is 1. The van der Waals surface area contributed by atoms with Crippen molar-refractivity contribution in [3.05, 3.63) is 29.8 Å². The Morgan fingerprint density at radius 2 is 2.00 bits per heavy atom. The van der Waals surface area contributed by atoms with Crippen molar-refractivity contribution >= 4 is 11.9 Å². The van der Waals surface area contributed by atoms with Crippen molar-refractivity contribution in [2.24, 2.45) is 11.8 Å². The summed E-state index contributed by atoms with van der Waals surface area (Å²) in [6, 6.07) is 6.79. The lowest BCUT2D eigenvalue weighted by Crippen LogP contribution is -2.31. The van der Waals surface area contributed by atoms with Crippen molar-refractivity contribution in [3.63, 3.8) is 0 Å². The first-order valence-electron chi connectivity index (χ1n) is 6.73. The van der Waals surface area contributed by atoms with Gasteiger partial charge in [0.25, 0.3) is 0 Å². The Morgan fingerprint density at radius 3 is 2.60 bits per heavy atom. The van der Waals surface area contributed by atoms with E-state index in [1.54, 1.807) is 30.1 Å². The minimum absolute atomic E-state index is 0.0166. The van der Waals surface area contributed by atoms with Crippen molar-refractivity contribution in [1.29, 1.82) is 0 Å². The quantitative estimate of drug-likeness (QED) is 0.880. The monoisotopic (exact) mass is 277 g/mol. The molecule has 1 fully saturated rings. The van der Waals surface area contributed by atoms with Crippen LogP contribution >= 0.6 is 0 Å². The Kier molecular flexibility index (Phi) is 4.27. The number of phenolic OH excluding ortho intramolecular Hbond substituents is 1. The Bertz CT molecular complexity index is 514. The van der Waals surface area contributed by atoms with Gasteiger partial charge in [-0.1, -0.05) is 12.1 Å². The number of aromatic hydroxyl groups is 1. The molecule has 1 aliphatic carbocycles. The van der Waals surface area contributed by atoms with Crippen LogP contribution in [0.25, 0.3) is 0 Å². The van der Waals surface area contributed by atoms with Crippen LogP contribution in [0.2, 0.25) is 0 Å². The van der Waals surface area contributed by atoms with E-state index in [-0.39, 0.29) is 17.6 Å². The molecular weight excluding hydrogens is 258 g/mol. The van der Waals surface area contributed by atoms with E-state index in [1.807, 2.05) is 6.07 Å². The smallest absolute Gasteiger partial charge is 0.306 e. The summed E-state index contributed by atoms with van der Waals surface area (Å²) in [6.45, 7) is 0.418. The number of hydrogen-bond donors (Lipinski definition) is 2. The molecule has 1 saturated carbocycles. The fraction of sp³-hybridized carbons (Fsp3) is 0.467. The number of nitrogens with zero attached hydrogens (tertiary/aromatic N) is 1. The zero-order chi connectivity index (χ0) is 14.7. The maximum Gasteiger partial charge on any atom is 0.306 e. The minimum atomic E-state index is -0.809. The van der Waals surface area contributed by atoms with E-state index < -0.39 is 11.9 Å². The largest absolute Gasteiger partial charge is 0.508 e. The van der Waals surface area contributed by atoms with Gasteiger partial charge >= 0.3 is 5.97 Å². The van der Waals surface area contributed by atoms with Crippen molar-refractivity contribution in [3.8, 4) is 5.75 Å². The average molecular weight is 277 g/mol. The van der Waals surface area contributed by atoms with Crippen LogP contribution in [0.15, 0.2) is 24.3 Å². The summed E-state index contributed by atoms with van der Waals surface area (Å²) in [6.07, 6.45) is 1.64. The van der Waals surface area contributed by atoms with Gasteiger partial charge in [-0.2, -0.15) is 0 Å². The number of carbonyl (C=O) groups is 2. The van der Waals surface area contributed by atoms with Gasteiger partial charge in [0.05, 0.1) is 5.92 Å². The molecule has 1 aromatic rings. The molecule has 1 aliphatic rings. The molecule has 0 aromatic heterocycles. The number of hydrogen-bond acceptors (Lipinski definition) is 3. The molecule has 2 rings (SSSR count). The average Bonchev–Trinajstić information content (AvgIpc) is 2.87. The predicted molar refractivity (Wildman–Crippen MR) is 73.0 cm³/mol. The van der Waals surface area contributed by atoms with E-state index in [9.17, 15) is 14.7 Å². The normalized spacial score (nSPS) is 21.6. The summed E-state index contributed by atoms with van der Waals surface area (Å²) in [5, 5.41) is 18.4. The number of aliphatic carboxylic acids is 1. The lowest BCUT2D eigenvalue weighted by Gasteiger charge is -2.21. The van der Waals surface area contributed by atoms with Crippen LogP contribution in [0.4, 0.5) is 0 Å². The fourth-order valence-electron chi connectivity index (χ4n) is 2.75. The van der Waals surface area contributed by atoms with Crippen LogP contribution in [0, 0.1) is 11.8 Å². The van der Waals surface area contributed by atoms with Gasteiger partial charge < -0.3 is 15.1 Å². The van der Waals surface area contributed by atoms with Gasteiger partial charge in [0.15, 0.2) is 0 Å². The summed E-state index contributed by atoms with van der Waals surface area (Å²) in [4.78, 5) is 24.8. The zero-order valence-electron chi connectivity index (χ0n) is 11.5. The number of amides is 1. The summed E-state index contributed by atoms with van der Waals surface area (Å²) in [5.41, 5.74) is 0.855. The molecule has 0 spiro atoms. The number of carboxylic acids is 1. The van der Waals surface area contributed by atoms with Crippen molar-refractivity contribution in [1.82, 2.24) is 4.90 Å². The first-order chi connectivity index (χ1) is 9.47. The first kappa shape index (κ1) is 14.4. The second kappa shape index (κ2) is 5.94. The number of phenols is 1. The summed E-state index contributed by atoms with van der Waals surface area (Å²) in [7, 11) is 1.71. The molecule has 0 heterocycles. The Morgan fingerprint density at radius 1 is 1.30 bits per heavy atom. The number of rotatable bonds is 4. The molecule has 0 unspecified atom stereocenters. The molecule has 1 aromatic carbocycles. The highest BCUT2D eigenvalue weighted by molar-refractivity contribution is 5.80. The maximum atomic E-state index is 12.3. The van der Waals surface area contributed by atoms with Crippen LogP contribution < -0.4 is 0 Å². The SMILES string of the molecule is CN(Cc1cccc(O)c1)C(=O)[C@@H]1CC[C@H](C(=O)O)C1. The number of carboxylic acid groups (broad SMARTS) is 1. The van der Waals surface area contributed by atoms with E-state index >= 15 is 0 Å².